The number of fused-ring (bicyclic) bond motifs is 1. The number of aryl methyl sites for hydroxylation is 1. The predicted octanol–water partition coefficient (Wildman–Crippen LogP) is 5.30. The van der Waals surface area contributed by atoms with E-state index < -0.39 is 0 Å². The summed E-state index contributed by atoms with van der Waals surface area (Å²) in [5, 5.41) is 1.19. The number of carbonyl (C=O) groups excluding carboxylic acids is 1. The first-order valence-corrected chi connectivity index (χ1v) is 8.52. The largest absolute Gasteiger partial charge is 0.465 e. The molecule has 0 radical (unpaired) electrons. The first-order valence-electron chi connectivity index (χ1n) is 8.52. The van der Waals surface area contributed by atoms with Crippen LogP contribution in [0.25, 0.3) is 33.3 Å². The van der Waals surface area contributed by atoms with Gasteiger partial charge in [-0.05, 0) is 29.3 Å². The summed E-state index contributed by atoms with van der Waals surface area (Å²) in [6.07, 6.45) is 0. The first kappa shape index (κ1) is 16.2. The van der Waals surface area contributed by atoms with E-state index in [0.29, 0.717) is 5.56 Å². The molecular weight excluding hydrogens is 322 g/mol. The van der Waals surface area contributed by atoms with Crippen LogP contribution in [0.15, 0.2) is 78.9 Å². The number of carbonyl (C=O) groups is 1. The van der Waals surface area contributed by atoms with Gasteiger partial charge in [0.1, 0.15) is 0 Å². The molecule has 3 nitrogen and oxygen atoms in total. The van der Waals surface area contributed by atoms with Gasteiger partial charge >= 0.3 is 5.97 Å². The first-order chi connectivity index (χ1) is 12.7. The molecule has 1 heterocycles. The zero-order chi connectivity index (χ0) is 18.1. The van der Waals surface area contributed by atoms with Crippen molar-refractivity contribution >= 4 is 16.9 Å². The second-order valence-corrected chi connectivity index (χ2v) is 6.23. The van der Waals surface area contributed by atoms with E-state index >= 15 is 0 Å². The number of esters is 1. The minimum atomic E-state index is -0.322. The second kappa shape index (κ2) is 6.52. The molecule has 0 atom stereocenters. The van der Waals surface area contributed by atoms with Crippen LogP contribution in [0.1, 0.15) is 10.4 Å². The van der Waals surface area contributed by atoms with E-state index in [2.05, 4.69) is 60.1 Å². The number of nitrogens with zero attached hydrogens (tertiary/aromatic N) is 1. The topological polar surface area (TPSA) is 31.2 Å². The quantitative estimate of drug-likeness (QED) is 0.474. The molecule has 3 aromatic carbocycles. The highest BCUT2D eigenvalue weighted by atomic mass is 16.5. The van der Waals surface area contributed by atoms with Gasteiger partial charge < -0.3 is 9.30 Å². The highest BCUT2D eigenvalue weighted by Crippen LogP contribution is 2.40. The van der Waals surface area contributed by atoms with Crippen molar-refractivity contribution in [2.24, 2.45) is 7.05 Å². The number of hydrogen-bond donors (Lipinski definition) is 0. The minimum Gasteiger partial charge on any atom is -0.465 e. The smallest absolute Gasteiger partial charge is 0.337 e. The maximum absolute atomic E-state index is 11.7. The van der Waals surface area contributed by atoms with Gasteiger partial charge in [-0.15, -0.1) is 0 Å². The van der Waals surface area contributed by atoms with Crippen LogP contribution in [0.2, 0.25) is 0 Å². The fraction of sp³-hybridized carbons (Fsp3) is 0.0870. The third-order valence-electron chi connectivity index (χ3n) is 4.75. The van der Waals surface area contributed by atoms with Crippen LogP contribution in [-0.2, 0) is 11.8 Å². The van der Waals surface area contributed by atoms with Crippen LogP contribution < -0.4 is 0 Å². The Bertz CT molecular complexity index is 1080. The van der Waals surface area contributed by atoms with Crippen molar-refractivity contribution in [1.29, 1.82) is 0 Å². The Kier molecular flexibility index (Phi) is 4.05. The van der Waals surface area contributed by atoms with Gasteiger partial charge in [0.2, 0.25) is 0 Å². The molecule has 128 valence electrons. The van der Waals surface area contributed by atoms with Gasteiger partial charge in [-0.25, -0.2) is 4.79 Å². The van der Waals surface area contributed by atoms with Crippen LogP contribution in [-0.4, -0.2) is 17.6 Å². The summed E-state index contributed by atoms with van der Waals surface area (Å²) in [7, 11) is 3.49. The number of ether oxygens (including phenoxy) is 1. The molecule has 1 aromatic heterocycles. The van der Waals surface area contributed by atoms with E-state index in [1.807, 2.05) is 30.3 Å². The third-order valence-corrected chi connectivity index (χ3v) is 4.75. The van der Waals surface area contributed by atoms with Gasteiger partial charge in [0.15, 0.2) is 0 Å². The third kappa shape index (κ3) is 2.58. The lowest BCUT2D eigenvalue weighted by Gasteiger charge is -2.09. The molecule has 0 saturated heterocycles. The normalized spacial score (nSPS) is 10.8. The monoisotopic (exact) mass is 341 g/mol. The van der Waals surface area contributed by atoms with Crippen LogP contribution in [0.3, 0.4) is 0 Å². The SMILES string of the molecule is COC(=O)c1ccc(-c2c(-c3ccccc3)n(C)c3ccccc23)cc1. The molecule has 26 heavy (non-hydrogen) atoms. The van der Waals surface area contributed by atoms with Gasteiger partial charge in [0.25, 0.3) is 0 Å². The molecule has 4 rings (SSSR count). The highest BCUT2D eigenvalue weighted by molar-refractivity contribution is 6.04. The zero-order valence-electron chi connectivity index (χ0n) is 14.8. The number of rotatable bonds is 3. The predicted molar refractivity (Wildman–Crippen MR) is 105 cm³/mol. The molecule has 0 aliphatic heterocycles. The Morgan fingerprint density at radius 2 is 1.46 bits per heavy atom. The number of aromatic nitrogens is 1. The Morgan fingerprint density at radius 1 is 0.808 bits per heavy atom. The van der Waals surface area contributed by atoms with E-state index in [0.717, 1.165) is 11.3 Å². The van der Waals surface area contributed by atoms with Gasteiger partial charge in [-0.3, -0.25) is 0 Å². The summed E-state index contributed by atoms with van der Waals surface area (Å²) in [6, 6.07) is 26.4. The van der Waals surface area contributed by atoms with Crippen molar-refractivity contribution in [3.8, 4) is 22.4 Å². The molecular formula is C23H19NO2. The fourth-order valence-electron chi connectivity index (χ4n) is 3.51. The average molecular weight is 341 g/mol. The summed E-state index contributed by atoms with van der Waals surface area (Å²) in [5.74, 6) is -0.322. The molecule has 4 aromatic rings. The van der Waals surface area contributed by atoms with E-state index in [4.69, 9.17) is 4.74 Å². The fourth-order valence-corrected chi connectivity index (χ4v) is 3.51. The van der Waals surface area contributed by atoms with Gasteiger partial charge in [-0.2, -0.15) is 0 Å². The van der Waals surface area contributed by atoms with Crippen molar-refractivity contribution in [2.45, 2.75) is 0 Å². The Balaban J connectivity index is 1.98. The molecule has 3 heteroatoms. The number of para-hydroxylation sites is 1. The van der Waals surface area contributed by atoms with E-state index in [-0.39, 0.29) is 5.97 Å². The summed E-state index contributed by atoms with van der Waals surface area (Å²) in [4.78, 5) is 11.7. The lowest BCUT2D eigenvalue weighted by Crippen LogP contribution is -2.00. The van der Waals surface area contributed by atoms with Crippen molar-refractivity contribution in [1.82, 2.24) is 4.57 Å². The van der Waals surface area contributed by atoms with Crippen LogP contribution in [0.4, 0.5) is 0 Å². The van der Waals surface area contributed by atoms with E-state index in [9.17, 15) is 4.79 Å². The molecule has 0 aliphatic carbocycles. The summed E-state index contributed by atoms with van der Waals surface area (Å²) >= 11 is 0. The van der Waals surface area contributed by atoms with Gasteiger partial charge in [-0.1, -0.05) is 60.7 Å². The second-order valence-electron chi connectivity index (χ2n) is 6.23. The van der Waals surface area contributed by atoms with Crippen molar-refractivity contribution in [3.05, 3.63) is 84.4 Å². The minimum absolute atomic E-state index is 0.322. The number of benzene rings is 3. The Hall–Kier alpha value is -3.33. The maximum Gasteiger partial charge on any atom is 0.337 e. The van der Waals surface area contributed by atoms with E-state index in [1.165, 1.54) is 29.1 Å². The molecule has 0 N–H and O–H groups in total. The molecule has 0 saturated carbocycles. The molecule has 0 fully saturated rings. The van der Waals surface area contributed by atoms with Crippen LogP contribution in [0, 0.1) is 0 Å². The van der Waals surface area contributed by atoms with Gasteiger partial charge in [0.05, 0.1) is 18.4 Å². The summed E-state index contributed by atoms with van der Waals surface area (Å²) in [5.41, 5.74) is 6.31. The lowest BCUT2D eigenvalue weighted by atomic mass is 9.97. The highest BCUT2D eigenvalue weighted by Gasteiger charge is 2.18. The molecule has 0 aliphatic rings. The van der Waals surface area contributed by atoms with Crippen molar-refractivity contribution in [2.75, 3.05) is 7.11 Å². The standard InChI is InChI=1S/C23H19NO2/c1-24-20-11-7-6-10-19(20)21(22(24)17-8-4-3-5-9-17)16-12-14-18(15-13-16)23(25)26-2/h3-15H,1-2H3. The van der Waals surface area contributed by atoms with Crippen molar-refractivity contribution in [3.63, 3.8) is 0 Å². The van der Waals surface area contributed by atoms with Crippen LogP contribution in [0.5, 0.6) is 0 Å². The number of hydrogen-bond acceptors (Lipinski definition) is 2. The van der Waals surface area contributed by atoms with Crippen molar-refractivity contribution < 1.29 is 9.53 Å². The maximum atomic E-state index is 11.7. The van der Waals surface area contributed by atoms with E-state index in [1.54, 1.807) is 0 Å². The lowest BCUT2D eigenvalue weighted by molar-refractivity contribution is 0.0601. The summed E-state index contributed by atoms with van der Waals surface area (Å²) in [6.45, 7) is 0. The zero-order valence-corrected chi connectivity index (χ0v) is 14.8. The molecule has 0 spiro atoms. The molecule has 0 amide bonds. The molecule has 0 bridgehead atoms. The Morgan fingerprint density at radius 3 is 2.15 bits per heavy atom. The van der Waals surface area contributed by atoms with Gasteiger partial charge in [0, 0.05) is 23.5 Å². The number of methoxy groups -OCH3 is 1. The molecule has 0 unspecified atom stereocenters. The van der Waals surface area contributed by atoms with Crippen LogP contribution >= 0.6 is 0 Å². The Labute approximate surface area is 152 Å². The summed E-state index contributed by atoms with van der Waals surface area (Å²) < 4.78 is 7.04. The average Bonchev–Trinajstić information content (AvgIpc) is 3.01.